The summed E-state index contributed by atoms with van der Waals surface area (Å²) < 4.78 is 1.68. The number of hydrogen-bond donors (Lipinski definition) is 2. The van der Waals surface area contributed by atoms with Gasteiger partial charge in [0.2, 0.25) is 0 Å². The molecule has 0 aromatic carbocycles. The van der Waals surface area contributed by atoms with Crippen molar-refractivity contribution >= 4 is 0 Å². The molecule has 0 saturated heterocycles. The Balaban J connectivity index is 3.07. The van der Waals surface area contributed by atoms with Gasteiger partial charge < -0.3 is 10.8 Å². The molecule has 0 aliphatic heterocycles. The Morgan fingerprint density at radius 3 is 2.62 bits per heavy atom. The molecule has 0 fully saturated rings. The van der Waals surface area contributed by atoms with Gasteiger partial charge in [-0.3, -0.25) is 4.68 Å². The summed E-state index contributed by atoms with van der Waals surface area (Å²) in [6.45, 7) is 4.25. The van der Waals surface area contributed by atoms with Crippen LogP contribution in [-0.4, -0.2) is 26.6 Å². The van der Waals surface area contributed by atoms with Gasteiger partial charge in [-0.1, -0.05) is 19.1 Å². The molecule has 0 aliphatic rings. The maximum Gasteiger partial charge on any atom is 0.116 e. The Hall–Kier alpha value is -0.940. The second kappa shape index (κ2) is 3.85. The molecule has 1 heterocycles. The van der Waals surface area contributed by atoms with E-state index in [4.69, 9.17) is 5.73 Å². The maximum absolute atomic E-state index is 9.53. The van der Waals surface area contributed by atoms with Gasteiger partial charge in [-0.15, -0.1) is 5.10 Å². The molecular weight excluding hydrogens is 168 g/mol. The molecule has 0 radical (unpaired) electrons. The van der Waals surface area contributed by atoms with Crippen molar-refractivity contribution in [2.75, 3.05) is 6.54 Å². The van der Waals surface area contributed by atoms with Crippen molar-refractivity contribution in [2.45, 2.75) is 25.9 Å². The third-order valence-electron chi connectivity index (χ3n) is 1.98. The SMILES string of the molecule is CC(C)c1c(C(O)CN)nnn1C. The molecule has 13 heavy (non-hydrogen) atoms. The highest BCUT2D eigenvalue weighted by Gasteiger charge is 2.19. The van der Waals surface area contributed by atoms with E-state index in [0.29, 0.717) is 5.69 Å². The number of nitrogens with zero attached hydrogens (tertiary/aromatic N) is 3. The smallest absolute Gasteiger partial charge is 0.116 e. The number of aliphatic hydroxyl groups excluding tert-OH is 1. The van der Waals surface area contributed by atoms with E-state index in [-0.39, 0.29) is 12.5 Å². The minimum atomic E-state index is -0.703. The van der Waals surface area contributed by atoms with Crippen LogP contribution >= 0.6 is 0 Å². The first kappa shape index (κ1) is 10.1. The second-order valence-electron chi connectivity index (χ2n) is 3.39. The van der Waals surface area contributed by atoms with Gasteiger partial charge in [-0.25, -0.2) is 0 Å². The quantitative estimate of drug-likeness (QED) is 0.689. The highest BCUT2D eigenvalue weighted by atomic mass is 16.3. The van der Waals surface area contributed by atoms with Gasteiger partial charge >= 0.3 is 0 Å². The topological polar surface area (TPSA) is 77.0 Å². The fraction of sp³-hybridized carbons (Fsp3) is 0.750. The van der Waals surface area contributed by atoms with Gasteiger partial charge in [0, 0.05) is 13.6 Å². The molecule has 0 amide bonds. The van der Waals surface area contributed by atoms with Gasteiger partial charge in [-0.05, 0) is 5.92 Å². The van der Waals surface area contributed by atoms with Crippen molar-refractivity contribution in [3.8, 4) is 0 Å². The molecule has 74 valence electrons. The number of nitrogens with two attached hydrogens (primary N) is 1. The van der Waals surface area contributed by atoms with Crippen LogP contribution in [0.4, 0.5) is 0 Å². The van der Waals surface area contributed by atoms with Gasteiger partial charge in [-0.2, -0.15) is 0 Å². The molecular formula is C8H16N4O. The number of aliphatic hydroxyl groups is 1. The summed E-state index contributed by atoms with van der Waals surface area (Å²) in [5.41, 5.74) is 6.90. The van der Waals surface area contributed by atoms with Crippen LogP contribution in [0.1, 0.15) is 37.3 Å². The van der Waals surface area contributed by atoms with Gasteiger partial charge in [0.15, 0.2) is 0 Å². The predicted molar refractivity (Wildman–Crippen MR) is 49.1 cm³/mol. The van der Waals surface area contributed by atoms with E-state index in [1.807, 2.05) is 20.9 Å². The summed E-state index contributed by atoms with van der Waals surface area (Å²) in [6, 6.07) is 0. The summed E-state index contributed by atoms with van der Waals surface area (Å²) in [6.07, 6.45) is -0.703. The minimum Gasteiger partial charge on any atom is -0.385 e. The normalized spacial score (nSPS) is 13.7. The molecule has 1 atom stereocenters. The number of hydrogen-bond acceptors (Lipinski definition) is 4. The molecule has 0 bridgehead atoms. The Morgan fingerprint density at radius 2 is 2.15 bits per heavy atom. The van der Waals surface area contributed by atoms with Crippen LogP contribution in [0.5, 0.6) is 0 Å². The number of aryl methyl sites for hydroxylation is 1. The molecule has 1 aromatic rings. The van der Waals surface area contributed by atoms with E-state index >= 15 is 0 Å². The van der Waals surface area contributed by atoms with Crippen molar-refractivity contribution in [3.05, 3.63) is 11.4 Å². The van der Waals surface area contributed by atoms with E-state index in [1.165, 1.54) is 0 Å². The Kier molecular flexibility index (Phi) is 3.00. The first-order valence-corrected chi connectivity index (χ1v) is 4.35. The minimum absolute atomic E-state index is 0.179. The van der Waals surface area contributed by atoms with Crippen molar-refractivity contribution in [2.24, 2.45) is 12.8 Å². The zero-order valence-electron chi connectivity index (χ0n) is 8.23. The molecule has 0 aliphatic carbocycles. The van der Waals surface area contributed by atoms with E-state index < -0.39 is 6.10 Å². The van der Waals surface area contributed by atoms with Crippen LogP contribution in [0.2, 0.25) is 0 Å². The zero-order valence-corrected chi connectivity index (χ0v) is 8.23. The first-order valence-electron chi connectivity index (χ1n) is 4.35. The summed E-state index contributed by atoms with van der Waals surface area (Å²) in [7, 11) is 1.81. The second-order valence-corrected chi connectivity index (χ2v) is 3.39. The lowest BCUT2D eigenvalue weighted by Gasteiger charge is -2.10. The van der Waals surface area contributed by atoms with E-state index in [2.05, 4.69) is 10.3 Å². The highest BCUT2D eigenvalue weighted by molar-refractivity contribution is 5.16. The van der Waals surface area contributed by atoms with Gasteiger partial charge in [0.25, 0.3) is 0 Å². The van der Waals surface area contributed by atoms with Crippen LogP contribution in [-0.2, 0) is 7.05 Å². The molecule has 5 nitrogen and oxygen atoms in total. The largest absolute Gasteiger partial charge is 0.385 e. The lowest BCUT2D eigenvalue weighted by Crippen LogP contribution is -2.14. The number of rotatable bonds is 3. The van der Waals surface area contributed by atoms with Crippen LogP contribution in [0.3, 0.4) is 0 Å². The van der Waals surface area contributed by atoms with E-state index in [1.54, 1.807) is 4.68 Å². The molecule has 1 rings (SSSR count). The Bertz CT molecular complexity index is 282. The first-order chi connectivity index (χ1) is 6.07. The molecule has 0 spiro atoms. The van der Waals surface area contributed by atoms with Crippen LogP contribution < -0.4 is 5.73 Å². The van der Waals surface area contributed by atoms with Crippen LogP contribution in [0.25, 0.3) is 0 Å². The van der Waals surface area contributed by atoms with Gasteiger partial charge in [0.1, 0.15) is 11.8 Å². The Labute approximate surface area is 77.6 Å². The molecule has 5 heteroatoms. The summed E-state index contributed by atoms with van der Waals surface area (Å²) in [5, 5.41) is 17.3. The average molecular weight is 184 g/mol. The zero-order chi connectivity index (χ0) is 10.0. The van der Waals surface area contributed by atoms with Crippen molar-refractivity contribution in [1.29, 1.82) is 0 Å². The lowest BCUT2D eigenvalue weighted by molar-refractivity contribution is 0.180. The third kappa shape index (κ3) is 1.87. The summed E-state index contributed by atoms with van der Waals surface area (Å²) >= 11 is 0. The Morgan fingerprint density at radius 1 is 1.54 bits per heavy atom. The van der Waals surface area contributed by atoms with Crippen molar-refractivity contribution in [3.63, 3.8) is 0 Å². The fourth-order valence-corrected chi connectivity index (χ4v) is 1.40. The highest BCUT2D eigenvalue weighted by Crippen LogP contribution is 2.21. The van der Waals surface area contributed by atoms with E-state index in [0.717, 1.165) is 5.69 Å². The molecule has 1 aromatic heterocycles. The molecule has 1 unspecified atom stereocenters. The summed E-state index contributed by atoms with van der Waals surface area (Å²) in [4.78, 5) is 0. The monoisotopic (exact) mass is 184 g/mol. The predicted octanol–water partition coefficient (Wildman–Crippen LogP) is -0.0694. The van der Waals surface area contributed by atoms with Crippen LogP contribution in [0.15, 0.2) is 0 Å². The standard InChI is InChI=1S/C8H16N4O/c1-5(2)8-7(6(13)4-9)10-11-12(8)3/h5-6,13H,4,9H2,1-3H3. The van der Waals surface area contributed by atoms with Gasteiger partial charge in [0.05, 0.1) is 5.69 Å². The van der Waals surface area contributed by atoms with Crippen molar-refractivity contribution in [1.82, 2.24) is 15.0 Å². The maximum atomic E-state index is 9.53. The molecule has 0 saturated carbocycles. The average Bonchev–Trinajstić information content (AvgIpc) is 2.45. The molecule has 3 N–H and O–H groups in total. The third-order valence-corrected chi connectivity index (χ3v) is 1.98. The van der Waals surface area contributed by atoms with Crippen LogP contribution in [0, 0.1) is 0 Å². The lowest BCUT2D eigenvalue weighted by atomic mass is 10.1. The van der Waals surface area contributed by atoms with Crippen molar-refractivity contribution < 1.29 is 5.11 Å². The summed E-state index contributed by atoms with van der Waals surface area (Å²) in [5.74, 6) is 0.288. The fourth-order valence-electron chi connectivity index (χ4n) is 1.40. The van der Waals surface area contributed by atoms with E-state index in [9.17, 15) is 5.11 Å². The number of aromatic nitrogens is 3.